The topological polar surface area (TPSA) is 85.9 Å². The van der Waals surface area contributed by atoms with E-state index in [9.17, 15) is 12.8 Å². The minimum atomic E-state index is -3.58. The van der Waals surface area contributed by atoms with Crippen molar-refractivity contribution in [3.8, 4) is 0 Å². The second kappa shape index (κ2) is 3.97. The molecular weight excluding hydrogens is 209 g/mol. The van der Waals surface area contributed by atoms with Crippen molar-refractivity contribution in [3.05, 3.63) is 24.0 Å². The summed E-state index contributed by atoms with van der Waals surface area (Å²) in [6.07, 6.45) is 2.05. The van der Waals surface area contributed by atoms with Gasteiger partial charge in [-0.15, -0.1) is 0 Å². The van der Waals surface area contributed by atoms with Crippen LogP contribution in [0.15, 0.2) is 12.4 Å². The first-order chi connectivity index (χ1) is 6.39. The molecule has 1 heterocycles. The fraction of sp³-hybridized carbons (Fsp3) is 0.429. The van der Waals surface area contributed by atoms with Gasteiger partial charge in [-0.25, -0.2) is 27.9 Å². The van der Waals surface area contributed by atoms with E-state index in [-0.39, 0.29) is 12.2 Å². The molecule has 0 aromatic carbocycles. The maximum absolute atomic E-state index is 12.4. The molecule has 0 amide bonds. The van der Waals surface area contributed by atoms with Gasteiger partial charge in [0.2, 0.25) is 10.0 Å². The predicted octanol–water partition coefficient (Wildman–Crippen LogP) is -0.165. The fourth-order valence-electron chi connectivity index (χ4n) is 0.818. The molecule has 1 aromatic rings. The molecule has 1 aromatic heterocycles. The van der Waals surface area contributed by atoms with Crippen molar-refractivity contribution in [1.29, 1.82) is 0 Å². The number of hydrogen-bond donors (Lipinski definition) is 1. The van der Waals surface area contributed by atoms with Gasteiger partial charge in [-0.1, -0.05) is 0 Å². The van der Waals surface area contributed by atoms with Crippen LogP contribution in [0.25, 0.3) is 0 Å². The molecule has 7 heteroatoms. The van der Waals surface area contributed by atoms with E-state index in [4.69, 9.17) is 5.14 Å². The van der Waals surface area contributed by atoms with Crippen molar-refractivity contribution in [2.45, 2.75) is 18.6 Å². The Morgan fingerprint density at radius 3 is 2.43 bits per heavy atom. The second-order valence-corrected chi connectivity index (χ2v) is 4.90. The molecule has 14 heavy (non-hydrogen) atoms. The first kappa shape index (κ1) is 11.0. The number of halogens is 1. The highest BCUT2D eigenvalue weighted by Gasteiger charge is 2.17. The third-order valence-electron chi connectivity index (χ3n) is 1.70. The molecule has 0 aliphatic rings. The molecule has 0 bridgehead atoms. The molecule has 0 aliphatic carbocycles. The van der Waals surface area contributed by atoms with Crippen LogP contribution < -0.4 is 5.14 Å². The van der Waals surface area contributed by atoms with Crippen LogP contribution in [0.3, 0.4) is 0 Å². The lowest BCUT2D eigenvalue weighted by Gasteiger charge is -2.06. The number of primary sulfonamides is 1. The quantitative estimate of drug-likeness (QED) is 0.765. The highest BCUT2D eigenvalue weighted by Crippen LogP contribution is 2.03. The van der Waals surface area contributed by atoms with E-state index in [1.807, 2.05) is 0 Å². The minimum absolute atomic E-state index is 0.0825. The number of nitrogens with zero attached hydrogens (tertiary/aromatic N) is 2. The summed E-state index contributed by atoms with van der Waals surface area (Å²) in [5.41, 5.74) is 0. The van der Waals surface area contributed by atoms with Crippen LogP contribution >= 0.6 is 0 Å². The zero-order valence-electron chi connectivity index (χ0n) is 7.51. The first-order valence-electron chi connectivity index (χ1n) is 3.87. The number of sulfonamides is 1. The van der Waals surface area contributed by atoms with Gasteiger partial charge in [-0.3, -0.25) is 0 Å². The van der Waals surface area contributed by atoms with E-state index < -0.39 is 21.1 Å². The Morgan fingerprint density at radius 2 is 2.00 bits per heavy atom. The van der Waals surface area contributed by atoms with Gasteiger partial charge >= 0.3 is 0 Å². The number of aromatic nitrogens is 2. The molecule has 2 N–H and O–H groups in total. The Hall–Kier alpha value is -1.08. The standard InChI is InChI=1S/C7H10FN3O2S/c1-5(14(9,12)13)2-7-10-3-6(8)4-11-7/h3-5H,2H2,1H3,(H2,9,12,13)/t5-/m1/s1. The molecule has 1 rings (SSSR count). The molecular formula is C7H10FN3O2S. The van der Waals surface area contributed by atoms with Gasteiger partial charge in [0.05, 0.1) is 17.6 Å². The van der Waals surface area contributed by atoms with Gasteiger partial charge in [0, 0.05) is 6.42 Å². The summed E-state index contributed by atoms with van der Waals surface area (Å²) in [4.78, 5) is 7.25. The molecule has 78 valence electrons. The molecule has 0 saturated heterocycles. The van der Waals surface area contributed by atoms with E-state index in [1.54, 1.807) is 0 Å². The summed E-state index contributed by atoms with van der Waals surface area (Å²) >= 11 is 0. The van der Waals surface area contributed by atoms with E-state index >= 15 is 0 Å². The lowest BCUT2D eigenvalue weighted by Crippen LogP contribution is -2.28. The molecule has 0 saturated carbocycles. The number of nitrogens with two attached hydrogens (primary N) is 1. The van der Waals surface area contributed by atoms with E-state index in [0.29, 0.717) is 0 Å². The molecule has 0 aliphatic heterocycles. The average molecular weight is 219 g/mol. The molecule has 0 spiro atoms. The van der Waals surface area contributed by atoms with Crippen LogP contribution in [-0.4, -0.2) is 23.6 Å². The van der Waals surface area contributed by atoms with Gasteiger partial charge in [-0.05, 0) is 6.92 Å². The summed E-state index contributed by atoms with van der Waals surface area (Å²) in [6.45, 7) is 1.45. The molecule has 0 fully saturated rings. The highest BCUT2D eigenvalue weighted by atomic mass is 32.2. The zero-order chi connectivity index (χ0) is 10.8. The van der Waals surface area contributed by atoms with Gasteiger partial charge in [0.1, 0.15) is 5.82 Å². The summed E-state index contributed by atoms with van der Waals surface area (Å²) in [5, 5.41) is 4.13. The molecule has 0 radical (unpaired) electrons. The van der Waals surface area contributed by atoms with Crippen molar-refractivity contribution in [1.82, 2.24) is 9.97 Å². The van der Waals surface area contributed by atoms with Crippen LogP contribution in [0.2, 0.25) is 0 Å². The maximum atomic E-state index is 12.4. The third kappa shape index (κ3) is 3.00. The predicted molar refractivity (Wildman–Crippen MR) is 48.3 cm³/mol. The van der Waals surface area contributed by atoms with Gasteiger partial charge in [0.15, 0.2) is 5.82 Å². The lowest BCUT2D eigenvalue weighted by molar-refractivity contribution is 0.580. The summed E-state index contributed by atoms with van der Waals surface area (Å²) in [5.74, 6) is -0.301. The lowest BCUT2D eigenvalue weighted by atomic mass is 10.3. The van der Waals surface area contributed by atoms with Crippen LogP contribution in [0.4, 0.5) is 4.39 Å². The number of rotatable bonds is 3. The van der Waals surface area contributed by atoms with Crippen molar-refractivity contribution in [2.24, 2.45) is 5.14 Å². The van der Waals surface area contributed by atoms with Crippen molar-refractivity contribution < 1.29 is 12.8 Å². The largest absolute Gasteiger partial charge is 0.238 e. The van der Waals surface area contributed by atoms with Crippen molar-refractivity contribution in [3.63, 3.8) is 0 Å². The van der Waals surface area contributed by atoms with Crippen molar-refractivity contribution in [2.75, 3.05) is 0 Å². The Morgan fingerprint density at radius 1 is 1.50 bits per heavy atom. The third-order valence-corrected chi connectivity index (χ3v) is 2.99. The Bertz CT molecular complexity index is 403. The van der Waals surface area contributed by atoms with Crippen molar-refractivity contribution >= 4 is 10.0 Å². The SMILES string of the molecule is C[C@H](Cc1ncc(F)cn1)S(N)(=O)=O. The monoisotopic (exact) mass is 219 g/mol. The molecule has 5 nitrogen and oxygen atoms in total. The highest BCUT2D eigenvalue weighted by molar-refractivity contribution is 7.89. The number of hydrogen-bond acceptors (Lipinski definition) is 4. The molecule has 0 unspecified atom stereocenters. The summed E-state index contributed by atoms with van der Waals surface area (Å²) < 4.78 is 34.1. The smallest absolute Gasteiger partial charge is 0.212 e. The zero-order valence-corrected chi connectivity index (χ0v) is 8.33. The maximum Gasteiger partial charge on any atom is 0.212 e. The van der Waals surface area contributed by atoms with Crippen LogP contribution in [0.5, 0.6) is 0 Å². The normalized spacial score (nSPS) is 13.9. The van der Waals surface area contributed by atoms with Crippen LogP contribution in [0.1, 0.15) is 12.7 Å². The minimum Gasteiger partial charge on any atom is -0.238 e. The van der Waals surface area contributed by atoms with Gasteiger partial charge in [0.25, 0.3) is 0 Å². The average Bonchev–Trinajstić information content (AvgIpc) is 2.07. The molecule has 1 atom stereocenters. The summed E-state index contributed by atoms with van der Waals surface area (Å²) in [6, 6.07) is 0. The Kier molecular flexibility index (Phi) is 3.12. The van der Waals surface area contributed by atoms with E-state index in [0.717, 1.165) is 12.4 Å². The summed E-state index contributed by atoms with van der Waals surface area (Å²) in [7, 11) is -3.58. The first-order valence-corrected chi connectivity index (χ1v) is 5.48. The second-order valence-electron chi connectivity index (χ2n) is 2.92. The van der Waals surface area contributed by atoms with Crippen LogP contribution in [-0.2, 0) is 16.4 Å². The van der Waals surface area contributed by atoms with E-state index in [2.05, 4.69) is 9.97 Å². The van der Waals surface area contributed by atoms with Gasteiger partial charge in [-0.2, -0.15) is 0 Å². The van der Waals surface area contributed by atoms with E-state index in [1.165, 1.54) is 6.92 Å². The van der Waals surface area contributed by atoms with Gasteiger partial charge < -0.3 is 0 Å². The Balaban J connectivity index is 2.75. The fourth-order valence-corrected chi connectivity index (χ4v) is 1.20. The Labute approximate surface area is 81.2 Å². The van der Waals surface area contributed by atoms with Crippen LogP contribution in [0, 0.1) is 5.82 Å².